The molecule has 29 heavy (non-hydrogen) atoms. The quantitative estimate of drug-likeness (QED) is 0.663. The topological polar surface area (TPSA) is 74.3 Å². The predicted molar refractivity (Wildman–Crippen MR) is 106 cm³/mol. The summed E-state index contributed by atoms with van der Waals surface area (Å²) in [7, 11) is 2.52. The summed E-state index contributed by atoms with van der Waals surface area (Å²) in [6.07, 6.45) is 0. The second kappa shape index (κ2) is 10.0. The molecule has 0 aromatic heterocycles. The largest absolute Gasteiger partial charge is 0.488 e. The van der Waals surface area contributed by atoms with Gasteiger partial charge in [0.05, 0.1) is 33.0 Å². The van der Waals surface area contributed by atoms with Gasteiger partial charge in [-0.1, -0.05) is 30.3 Å². The SMILES string of the molecule is COC(=O)c1cccc(OCc2ccc(CN3CCOCC3)cc2)c1C(=O)OC. The van der Waals surface area contributed by atoms with Crippen LogP contribution in [-0.2, 0) is 27.4 Å². The third-order valence-corrected chi connectivity index (χ3v) is 4.75. The van der Waals surface area contributed by atoms with Crippen LogP contribution in [0.3, 0.4) is 0 Å². The molecular formula is C22H25NO6. The van der Waals surface area contributed by atoms with E-state index in [2.05, 4.69) is 17.0 Å². The van der Waals surface area contributed by atoms with Crippen LogP contribution in [0.4, 0.5) is 0 Å². The molecule has 0 atom stereocenters. The van der Waals surface area contributed by atoms with Gasteiger partial charge in [0, 0.05) is 19.6 Å². The molecule has 0 bridgehead atoms. The minimum Gasteiger partial charge on any atom is -0.488 e. The number of hydrogen-bond donors (Lipinski definition) is 0. The van der Waals surface area contributed by atoms with Crippen molar-refractivity contribution in [2.75, 3.05) is 40.5 Å². The molecule has 7 heteroatoms. The Labute approximate surface area is 170 Å². The van der Waals surface area contributed by atoms with E-state index in [0.717, 1.165) is 38.4 Å². The predicted octanol–water partition coefficient (Wildman–Crippen LogP) is 2.67. The number of benzene rings is 2. The van der Waals surface area contributed by atoms with Gasteiger partial charge in [-0.2, -0.15) is 0 Å². The highest BCUT2D eigenvalue weighted by Crippen LogP contribution is 2.25. The third kappa shape index (κ3) is 5.34. The maximum Gasteiger partial charge on any atom is 0.342 e. The molecule has 0 N–H and O–H groups in total. The van der Waals surface area contributed by atoms with Crippen LogP contribution in [-0.4, -0.2) is 57.4 Å². The number of morpholine rings is 1. The maximum absolute atomic E-state index is 12.2. The number of carbonyl (C=O) groups is 2. The molecule has 2 aromatic carbocycles. The van der Waals surface area contributed by atoms with E-state index in [0.29, 0.717) is 0 Å². The van der Waals surface area contributed by atoms with Crippen molar-refractivity contribution in [1.82, 2.24) is 4.90 Å². The van der Waals surface area contributed by atoms with Crippen molar-refractivity contribution in [3.05, 3.63) is 64.7 Å². The fourth-order valence-electron chi connectivity index (χ4n) is 3.16. The van der Waals surface area contributed by atoms with Gasteiger partial charge in [-0.15, -0.1) is 0 Å². The molecule has 0 unspecified atom stereocenters. The van der Waals surface area contributed by atoms with E-state index < -0.39 is 11.9 Å². The highest BCUT2D eigenvalue weighted by atomic mass is 16.5. The zero-order valence-electron chi connectivity index (χ0n) is 16.7. The zero-order valence-corrected chi connectivity index (χ0v) is 16.7. The van der Waals surface area contributed by atoms with Gasteiger partial charge in [-0.05, 0) is 23.3 Å². The van der Waals surface area contributed by atoms with Crippen LogP contribution in [0.1, 0.15) is 31.8 Å². The molecule has 0 radical (unpaired) electrons. The standard InChI is InChI=1S/C22H25NO6/c1-26-21(24)18-4-3-5-19(20(18)22(25)27-2)29-15-17-8-6-16(7-9-17)14-23-10-12-28-13-11-23/h3-9H,10-15H2,1-2H3. The van der Waals surface area contributed by atoms with Crippen LogP contribution in [0.5, 0.6) is 5.75 Å². The Hall–Kier alpha value is -2.90. The van der Waals surface area contributed by atoms with Crippen molar-refractivity contribution in [2.45, 2.75) is 13.2 Å². The van der Waals surface area contributed by atoms with E-state index in [-0.39, 0.29) is 23.5 Å². The molecule has 0 amide bonds. The van der Waals surface area contributed by atoms with E-state index in [9.17, 15) is 9.59 Å². The fourth-order valence-corrected chi connectivity index (χ4v) is 3.16. The summed E-state index contributed by atoms with van der Waals surface area (Å²) in [6, 6.07) is 12.9. The lowest BCUT2D eigenvalue weighted by molar-refractivity contribution is 0.0342. The van der Waals surface area contributed by atoms with E-state index >= 15 is 0 Å². The molecule has 1 fully saturated rings. The van der Waals surface area contributed by atoms with E-state index in [4.69, 9.17) is 18.9 Å². The van der Waals surface area contributed by atoms with Gasteiger partial charge in [0.1, 0.15) is 17.9 Å². The van der Waals surface area contributed by atoms with Crippen molar-refractivity contribution in [3.63, 3.8) is 0 Å². The molecule has 0 saturated carbocycles. The average molecular weight is 399 g/mol. The second-order valence-corrected chi connectivity index (χ2v) is 6.66. The average Bonchev–Trinajstić information content (AvgIpc) is 2.78. The molecule has 154 valence electrons. The minimum absolute atomic E-state index is 0.0609. The molecule has 2 aromatic rings. The van der Waals surface area contributed by atoms with Crippen LogP contribution >= 0.6 is 0 Å². The van der Waals surface area contributed by atoms with Crippen molar-refractivity contribution in [1.29, 1.82) is 0 Å². The Morgan fingerprint density at radius 2 is 1.59 bits per heavy atom. The summed E-state index contributed by atoms with van der Waals surface area (Å²) in [6.45, 7) is 4.58. The second-order valence-electron chi connectivity index (χ2n) is 6.66. The summed E-state index contributed by atoms with van der Waals surface area (Å²) in [5.74, 6) is -0.998. The fraction of sp³-hybridized carbons (Fsp3) is 0.364. The third-order valence-electron chi connectivity index (χ3n) is 4.75. The summed E-state index contributed by atoms with van der Waals surface area (Å²) >= 11 is 0. The molecule has 7 nitrogen and oxygen atoms in total. The maximum atomic E-state index is 12.2. The lowest BCUT2D eigenvalue weighted by Crippen LogP contribution is -2.35. The Kier molecular flexibility index (Phi) is 7.21. The molecule has 1 aliphatic rings. The lowest BCUT2D eigenvalue weighted by Gasteiger charge is -2.26. The monoisotopic (exact) mass is 399 g/mol. The summed E-state index contributed by atoms with van der Waals surface area (Å²) in [5, 5.41) is 0. The first-order valence-corrected chi connectivity index (χ1v) is 9.42. The van der Waals surface area contributed by atoms with Crippen molar-refractivity contribution >= 4 is 11.9 Å². The highest BCUT2D eigenvalue weighted by molar-refractivity contribution is 6.05. The van der Waals surface area contributed by atoms with Crippen LogP contribution in [0, 0.1) is 0 Å². The number of rotatable bonds is 7. The number of esters is 2. The Balaban J connectivity index is 1.69. The van der Waals surface area contributed by atoms with Crippen molar-refractivity contribution in [3.8, 4) is 5.75 Å². The molecule has 1 saturated heterocycles. The first kappa shape index (κ1) is 20.8. The van der Waals surface area contributed by atoms with Crippen molar-refractivity contribution in [2.24, 2.45) is 0 Å². The lowest BCUT2D eigenvalue weighted by atomic mass is 10.1. The molecule has 0 spiro atoms. The van der Waals surface area contributed by atoms with Gasteiger partial charge in [0.25, 0.3) is 0 Å². The van der Waals surface area contributed by atoms with E-state index in [1.165, 1.54) is 25.8 Å². The van der Waals surface area contributed by atoms with Crippen LogP contribution < -0.4 is 4.74 Å². The number of nitrogens with zero attached hydrogens (tertiary/aromatic N) is 1. The first-order chi connectivity index (χ1) is 14.1. The van der Waals surface area contributed by atoms with Crippen LogP contribution in [0.2, 0.25) is 0 Å². The normalized spacial score (nSPS) is 14.3. The summed E-state index contributed by atoms with van der Waals surface area (Å²) < 4.78 is 20.8. The zero-order chi connectivity index (χ0) is 20.6. The van der Waals surface area contributed by atoms with Gasteiger partial charge < -0.3 is 18.9 Å². The molecule has 1 heterocycles. The minimum atomic E-state index is -0.651. The molecule has 1 aliphatic heterocycles. The Morgan fingerprint density at radius 3 is 2.24 bits per heavy atom. The van der Waals surface area contributed by atoms with Gasteiger partial charge in [0.15, 0.2) is 0 Å². The smallest absolute Gasteiger partial charge is 0.342 e. The number of ether oxygens (including phenoxy) is 4. The molecule has 0 aliphatic carbocycles. The van der Waals surface area contributed by atoms with Gasteiger partial charge >= 0.3 is 11.9 Å². The van der Waals surface area contributed by atoms with Gasteiger partial charge in [-0.25, -0.2) is 9.59 Å². The van der Waals surface area contributed by atoms with E-state index in [1.807, 2.05) is 12.1 Å². The number of methoxy groups -OCH3 is 2. The molecule has 3 rings (SSSR count). The van der Waals surface area contributed by atoms with Gasteiger partial charge in [-0.3, -0.25) is 4.90 Å². The first-order valence-electron chi connectivity index (χ1n) is 9.42. The summed E-state index contributed by atoms with van der Waals surface area (Å²) in [5.41, 5.74) is 2.34. The summed E-state index contributed by atoms with van der Waals surface area (Å²) in [4.78, 5) is 26.5. The van der Waals surface area contributed by atoms with Crippen molar-refractivity contribution < 1.29 is 28.5 Å². The Bertz CT molecular complexity index is 843. The van der Waals surface area contributed by atoms with E-state index in [1.54, 1.807) is 12.1 Å². The Morgan fingerprint density at radius 1 is 0.931 bits per heavy atom. The molecular weight excluding hydrogens is 374 g/mol. The van der Waals surface area contributed by atoms with Crippen LogP contribution in [0.15, 0.2) is 42.5 Å². The van der Waals surface area contributed by atoms with Crippen LogP contribution in [0.25, 0.3) is 0 Å². The number of hydrogen-bond acceptors (Lipinski definition) is 7. The number of carbonyl (C=O) groups excluding carboxylic acids is 2. The van der Waals surface area contributed by atoms with Gasteiger partial charge in [0.2, 0.25) is 0 Å². The highest BCUT2D eigenvalue weighted by Gasteiger charge is 2.23.